The highest BCUT2D eigenvalue weighted by molar-refractivity contribution is 5.96. The van der Waals surface area contributed by atoms with E-state index in [4.69, 9.17) is 0 Å². The number of halogens is 1. The molecule has 3 rings (SSSR count). The first-order valence-electron chi connectivity index (χ1n) is 7.80. The van der Waals surface area contributed by atoms with Crippen LogP contribution in [0.1, 0.15) is 34.6 Å². The zero-order valence-electron chi connectivity index (χ0n) is 13.5. The van der Waals surface area contributed by atoms with Gasteiger partial charge in [-0.1, -0.05) is 18.2 Å². The van der Waals surface area contributed by atoms with Crippen LogP contribution in [-0.2, 0) is 0 Å². The summed E-state index contributed by atoms with van der Waals surface area (Å²) >= 11 is 0. The predicted octanol–water partition coefficient (Wildman–Crippen LogP) is 2.39. The molecule has 0 bridgehead atoms. The van der Waals surface area contributed by atoms with Gasteiger partial charge in [0.2, 0.25) is 0 Å². The Morgan fingerprint density at radius 2 is 2.04 bits per heavy atom. The van der Waals surface area contributed by atoms with E-state index in [1.54, 1.807) is 0 Å². The van der Waals surface area contributed by atoms with Crippen molar-refractivity contribution in [2.45, 2.75) is 32.7 Å². The summed E-state index contributed by atoms with van der Waals surface area (Å²) in [6.07, 6.45) is 2.13. The number of hydrogen-bond acceptors (Lipinski definition) is 3. The Hall–Kier alpha value is -1.85. The van der Waals surface area contributed by atoms with E-state index in [0.717, 1.165) is 43.0 Å². The van der Waals surface area contributed by atoms with E-state index >= 15 is 0 Å². The third-order valence-corrected chi connectivity index (χ3v) is 4.15. The molecular formula is C17H23ClN4O. The molecule has 1 aliphatic rings. The Morgan fingerprint density at radius 1 is 1.30 bits per heavy atom. The zero-order valence-corrected chi connectivity index (χ0v) is 14.3. The van der Waals surface area contributed by atoms with Gasteiger partial charge in [-0.3, -0.25) is 4.79 Å². The van der Waals surface area contributed by atoms with Gasteiger partial charge in [-0.15, -0.1) is 12.4 Å². The molecule has 0 aliphatic carbocycles. The van der Waals surface area contributed by atoms with Gasteiger partial charge in [-0.25, -0.2) is 4.68 Å². The molecule has 0 saturated carbocycles. The van der Waals surface area contributed by atoms with Crippen LogP contribution in [0.4, 0.5) is 0 Å². The maximum Gasteiger partial charge on any atom is 0.255 e. The van der Waals surface area contributed by atoms with Crippen molar-refractivity contribution in [1.82, 2.24) is 20.4 Å². The summed E-state index contributed by atoms with van der Waals surface area (Å²) < 4.78 is 1.84. The Labute approximate surface area is 142 Å². The molecule has 1 saturated heterocycles. The molecule has 124 valence electrons. The molecule has 0 spiro atoms. The van der Waals surface area contributed by atoms with Gasteiger partial charge in [-0.05, 0) is 45.4 Å². The smallest absolute Gasteiger partial charge is 0.255 e. The molecule has 2 aromatic rings. The molecule has 0 radical (unpaired) electrons. The van der Waals surface area contributed by atoms with Crippen molar-refractivity contribution in [2.24, 2.45) is 0 Å². The van der Waals surface area contributed by atoms with Gasteiger partial charge in [0.1, 0.15) is 0 Å². The minimum absolute atomic E-state index is 0. The van der Waals surface area contributed by atoms with E-state index in [9.17, 15) is 4.79 Å². The predicted molar refractivity (Wildman–Crippen MR) is 93.6 cm³/mol. The number of rotatable bonds is 3. The maximum absolute atomic E-state index is 12.6. The van der Waals surface area contributed by atoms with Crippen molar-refractivity contribution in [3.8, 4) is 5.69 Å². The number of carbonyl (C=O) groups excluding carboxylic acids is 1. The number of carbonyl (C=O) groups is 1. The van der Waals surface area contributed by atoms with E-state index in [1.807, 2.05) is 48.9 Å². The maximum atomic E-state index is 12.6. The van der Waals surface area contributed by atoms with Crippen molar-refractivity contribution < 1.29 is 4.79 Å². The average Bonchev–Trinajstić information content (AvgIpc) is 2.84. The molecule has 1 aliphatic heterocycles. The fourth-order valence-electron chi connectivity index (χ4n) is 3.02. The van der Waals surface area contributed by atoms with Crippen LogP contribution in [-0.4, -0.2) is 34.8 Å². The second-order valence-electron chi connectivity index (χ2n) is 5.81. The van der Waals surface area contributed by atoms with Gasteiger partial charge in [0.05, 0.1) is 22.6 Å². The number of nitrogens with one attached hydrogen (secondary N) is 2. The Morgan fingerprint density at radius 3 is 2.70 bits per heavy atom. The second kappa shape index (κ2) is 7.62. The lowest BCUT2D eigenvalue weighted by molar-refractivity contribution is 0.0929. The highest BCUT2D eigenvalue weighted by Crippen LogP contribution is 2.18. The molecule has 2 heterocycles. The summed E-state index contributed by atoms with van der Waals surface area (Å²) in [4.78, 5) is 12.6. The summed E-state index contributed by atoms with van der Waals surface area (Å²) in [5.41, 5.74) is 3.31. The molecule has 1 atom stereocenters. The van der Waals surface area contributed by atoms with Crippen molar-refractivity contribution in [3.05, 3.63) is 47.3 Å². The van der Waals surface area contributed by atoms with Crippen molar-refractivity contribution in [2.75, 3.05) is 13.1 Å². The summed E-state index contributed by atoms with van der Waals surface area (Å²) in [6, 6.07) is 10.1. The second-order valence-corrected chi connectivity index (χ2v) is 5.81. The van der Waals surface area contributed by atoms with Crippen LogP contribution in [0.5, 0.6) is 0 Å². The number of aromatic nitrogens is 2. The van der Waals surface area contributed by atoms with Gasteiger partial charge < -0.3 is 10.6 Å². The molecule has 1 aromatic heterocycles. The topological polar surface area (TPSA) is 59.0 Å². The van der Waals surface area contributed by atoms with E-state index in [0.29, 0.717) is 5.56 Å². The standard InChI is InChI=1S/C17H22N4O.ClH/c1-12-16(17(22)19-14-7-6-10-18-11-14)13(2)21(20-12)15-8-4-3-5-9-15;/h3-5,8-9,14,18H,6-7,10-11H2,1-2H3,(H,19,22);1H. The minimum atomic E-state index is -0.0223. The van der Waals surface area contributed by atoms with E-state index in [1.165, 1.54) is 0 Å². The SMILES string of the molecule is Cc1nn(-c2ccccc2)c(C)c1C(=O)NC1CCCNC1.Cl. The quantitative estimate of drug-likeness (QED) is 0.906. The lowest BCUT2D eigenvalue weighted by atomic mass is 10.1. The largest absolute Gasteiger partial charge is 0.348 e. The highest BCUT2D eigenvalue weighted by atomic mass is 35.5. The van der Waals surface area contributed by atoms with E-state index < -0.39 is 0 Å². The van der Waals surface area contributed by atoms with Crippen LogP contribution >= 0.6 is 12.4 Å². The van der Waals surface area contributed by atoms with Gasteiger partial charge >= 0.3 is 0 Å². The Bertz CT molecular complexity index is 663. The monoisotopic (exact) mass is 334 g/mol. The lowest BCUT2D eigenvalue weighted by Crippen LogP contribution is -2.45. The summed E-state index contributed by atoms with van der Waals surface area (Å²) in [7, 11) is 0. The minimum Gasteiger partial charge on any atom is -0.348 e. The van der Waals surface area contributed by atoms with E-state index in [2.05, 4.69) is 15.7 Å². The van der Waals surface area contributed by atoms with Crippen LogP contribution in [0.15, 0.2) is 30.3 Å². The molecule has 5 nitrogen and oxygen atoms in total. The third kappa shape index (κ3) is 3.74. The first-order chi connectivity index (χ1) is 10.7. The first kappa shape index (κ1) is 17.5. The normalized spacial score (nSPS) is 17.4. The number of para-hydroxylation sites is 1. The van der Waals surface area contributed by atoms with Crippen LogP contribution in [0.25, 0.3) is 5.69 Å². The lowest BCUT2D eigenvalue weighted by Gasteiger charge is -2.23. The highest BCUT2D eigenvalue weighted by Gasteiger charge is 2.22. The van der Waals surface area contributed by atoms with Crippen molar-refractivity contribution in [3.63, 3.8) is 0 Å². The number of benzene rings is 1. The third-order valence-electron chi connectivity index (χ3n) is 4.15. The number of nitrogens with zero attached hydrogens (tertiary/aromatic N) is 2. The molecule has 1 fully saturated rings. The molecule has 1 amide bonds. The number of amides is 1. The number of piperidine rings is 1. The summed E-state index contributed by atoms with van der Waals surface area (Å²) in [5, 5.41) is 11.0. The molecule has 1 aromatic carbocycles. The van der Waals surface area contributed by atoms with Crippen molar-refractivity contribution >= 4 is 18.3 Å². The van der Waals surface area contributed by atoms with Gasteiger partial charge in [-0.2, -0.15) is 5.10 Å². The zero-order chi connectivity index (χ0) is 15.5. The van der Waals surface area contributed by atoms with Gasteiger partial charge in [0, 0.05) is 12.6 Å². The first-order valence-corrected chi connectivity index (χ1v) is 7.80. The van der Waals surface area contributed by atoms with Crippen molar-refractivity contribution in [1.29, 1.82) is 0 Å². The molecular weight excluding hydrogens is 312 g/mol. The number of hydrogen-bond donors (Lipinski definition) is 2. The van der Waals surface area contributed by atoms with Crippen LogP contribution in [0.2, 0.25) is 0 Å². The van der Waals surface area contributed by atoms with Gasteiger partial charge in [0.25, 0.3) is 5.91 Å². The van der Waals surface area contributed by atoms with Gasteiger partial charge in [0.15, 0.2) is 0 Å². The summed E-state index contributed by atoms with van der Waals surface area (Å²) in [5.74, 6) is -0.0223. The Balaban J connectivity index is 0.00000192. The number of aryl methyl sites for hydroxylation is 1. The molecule has 2 N–H and O–H groups in total. The fourth-order valence-corrected chi connectivity index (χ4v) is 3.02. The average molecular weight is 335 g/mol. The van der Waals surface area contributed by atoms with Crippen LogP contribution in [0.3, 0.4) is 0 Å². The van der Waals surface area contributed by atoms with E-state index in [-0.39, 0.29) is 24.4 Å². The van der Waals surface area contributed by atoms with Crippen LogP contribution in [0, 0.1) is 13.8 Å². The fraction of sp³-hybridized carbons (Fsp3) is 0.412. The molecule has 23 heavy (non-hydrogen) atoms. The molecule has 1 unspecified atom stereocenters. The molecule has 6 heteroatoms. The van der Waals surface area contributed by atoms with Crippen LogP contribution < -0.4 is 10.6 Å². The Kier molecular flexibility index (Phi) is 5.80. The summed E-state index contributed by atoms with van der Waals surface area (Å²) in [6.45, 7) is 5.72.